The van der Waals surface area contributed by atoms with Crippen molar-refractivity contribution in [3.8, 4) is 0 Å². The maximum absolute atomic E-state index is 11.4. The van der Waals surface area contributed by atoms with Gasteiger partial charge in [0.25, 0.3) is 0 Å². The first-order valence-corrected chi connectivity index (χ1v) is 6.64. The number of aromatic nitrogens is 3. The lowest BCUT2D eigenvalue weighted by Crippen LogP contribution is -2.31. The molecule has 2 aliphatic rings. The average Bonchev–Trinajstić information content (AvgIpc) is 2.94. The van der Waals surface area contributed by atoms with Gasteiger partial charge in [-0.3, -0.25) is 4.79 Å². The van der Waals surface area contributed by atoms with Crippen molar-refractivity contribution >= 4 is 5.91 Å². The minimum atomic E-state index is 0.151. The summed E-state index contributed by atoms with van der Waals surface area (Å²) in [6, 6.07) is 0. The highest BCUT2D eigenvalue weighted by atomic mass is 16.2. The molecule has 6 nitrogen and oxygen atoms in total. The third-order valence-corrected chi connectivity index (χ3v) is 3.93. The first-order valence-electron chi connectivity index (χ1n) is 6.64. The van der Waals surface area contributed by atoms with Gasteiger partial charge in [-0.2, -0.15) is 0 Å². The summed E-state index contributed by atoms with van der Waals surface area (Å²) in [4.78, 5) is 13.3. The maximum atomic E-state index is 11.4. The Bertz CT molecular complexity index is 449. The lowest BCUT2D eigenvalue weighted by molar-refractivity contribution is -0.128. The van der Waals surface area contributed by atoms with Crippen LogP contribution in [0.4, 0.5) is 0 Å². The van der Waals surface area contributed by atoms with E-state index in [-0.39, 0.29) is 5.91 Å². The van der Waals surface area contributed by atoms with Crippen molar-refractivity contribution < 1.29 is 4.79 Å². The molecule has 0 unspecified atom stereocenters. The van der Waals surface area contributed by atoms with E-state index in [2.05, 4.69) is 20.1 Å². The lowest BCUT2D eigenvalue weighted by Gasteiger charge is -2.18. The van der Waals surface area contributed by atoms with Crippen LogP contribution in [-0.2, 0) is 17.8 Å². The van der Waals surface area contributed by atoms with E-state index in [4.69, 9.17) is 0 Å². The Morgan fingerprint density at radius 1 is 1.33 bits per heavy atom. The van der Waals surface area contributed by atoms with Gasteiger partial charge in [0.15, 0.2) is 0 Å². The summed E-state index contributed by atoms with van der Waals surface area (Å²) in [5.41, 5.74) is 0. The lowest BCUT2D eigenvalue weighted by atomic mass is 10.1. The van der Waals surface area contributed by atoms with E-state index >= 15 is 0 Å². The molecule has 0 radical (unpaired) electrons. The predicted molar refractivity (Wildman–Crippen MR) is 66.2 cm³/mol. The summed E-state index contributed by atoms with van der Waals surface area (Å²) in [5, 5.41) is 12.0. The minimum Gasteiger partial charge on any atom is -0.341 e. The van der Waals surface area contributed by atoms with Gasteiger partial charge in [0.05, 0.1) is 0 Å². The van der Waals surface area contributed by atoms with Crippen LogP contribution in [0.2, 0.25) is 0 Å². The van der Waals surface area contributed by atoms with Crippen LogP contribution in [0.5, 0.6) is 0 Å². The van der Waals surface area contributed by atoms with E-state index < -0.39 is 0 Å². The number of nitrogens with zero attached hydrogens (tertiary/aromatic N) is 4. The molecule has 6 heteroatoms. The molecule has 1 fully saturated rings. The zero-order chi connectivity index (χ0) is 12.5. The predicted octanol–water partition coefficient (Wildman–Crippen LogP) is -0.240. The molecule has 1 aromatic heterocycles. The summed E-state index contributed by atoms with van der Waals surface area (Å²) in [5.74, 6) is 2.76. The van der Waals surface area contributed by atoms with Crippen LogP contribution in [0.1, 0.15) is 30.9 Å². The average molecular weight is 249 g/mol. The highest BCUT2D eigenvalue weighted by Crippen LogP contribution is 2.22. The number of hydrogen-bond donors (Lipinski definition) is 1. The topological polar surface area (TPSA) is 63.1 Å². The first-order chi connectivity index (χ1) is 8.75. The molecular weight excluding hydrogens is 230 g/mol. The number of hydrogen-bond acceptors (Lipinski definition) is 4. The van der Waals surface area contributed by atoms with E-state index in [1.165, 1.54) is 0 Å². The minimum absolute atomic E-state index is 0.151. The summed E-state index contributed by atoms with van der Waals surface area (Å²) in [6.07, 6.45) is 1.95. The van der Waals surface area contributed by atoms with Crippen LogP contribution in [0, 0.1) is 0 Å². The second-order valence-electron chi connectivity index (χ2n) is 5.07. The molecular formula is C12H19N5O. The summed E-state index contributed by atoms with van der Waals surface area (Å²) in [6.45, 7) is 6.05. The molecule has 1 aromatic rings. The first kappa shape index (κ1) is 11.6. The summed E-state index contributed by atoms with van der Waals surface area (Å²) in [7, 11) is 0. The molecule has 98 valence electrons. The van der Waals surface area contributed by atoms with Gasteiger partial charge in [0, 0.05) is 45.4 Å². The van der Waals surface area contributed by atoms with Gasteiger partial charge in [-0.1, -0.05) is 0 Å². The number of rotatable bonds is 1. The molecule has 18 heavy (non-hydrogen) atoms. The highest BCUT2D eigenvalue weighted by Gasteiger charge is 2.26. The van der Waals surface area contributed by atoms with E-state index in [9.17, 15) is 4.79 Å². The van der Waals surface area contributed by atoms with Crippen molar-refractivity contribution in [3.05, 3.63) is 11.6 Å². The van der Waals surface area contributed by atoms with E-state index in [0.717, 1.165) is 57.2 Å². The molecule has 0 spiro atoms. The smallest absolute Gasteiger partial charge is 0.219 e. The summed E-state index contributed by atoms with van der Waals surface area (Å²) >= 11 is 0. The Morgan fingerprint density at radius 3 is 2.94 bits per heavy atom. The van der Waals surface area contributed by atoms with Gasteiger partial charge < -0.3 is 14.8 Å². The quantitative estimate of drug-likeness (QED) is 0.746. The van der Waals surface area contributed by atoms with Crippen LogP contribution in [-0.4, -0.2) is 51.8 Å². The Morgan fingerprint density at radius 2 is 2.22 bits per heavy atom. The third-order valence-electron chi connectivity index (χ3n) is 3.93. The fourth-order valence-electron chi connectivity index (χ4n) is 2.84. The zero-order valence-electron chi connectivity index (χ0n) is 10.7. The van der Waals surface area contributed by atoms with Crippen LogP contribution in [0.15, 0.2) is 0 Å². The molecule has 0 bridgehead atoms. The fraction of sp³-hybridized carbons (Fsp3) is 0.750. The maximum Gasteiger partial charge on any atom is 0.219 e. The Hall–Kier alpha value is -1.43. The van der Waals surface area contributed by atoms with E-state index in [1.807, 2.05) is 4.90 Å². The molecule has 1 saturated heterocycles. The van der Waals surface area contributed by atoms with Crippen molar-refractivity contribution in [2.24, 2.45) is 0 Å². The summed E-state index contributed by atoms with van der Waals surface area (Å²) < 4.78 is 2.22. The second-order valence-corrected chi connectivity index (χ2v) is 5.07. The SMILES string of the molecule is CC(=O)N1CCc2nnc([C@@H]3CCNC3)n2CC1. The van der Waals surface area contributed by atoms with Gasteiger partial charge in [-0.15, -0.1) is 10.2 Å². The molecule has 0 saturated carbocycles. The van der Waals surface area contributed by atoms with Crippen molar-refractivity contribution in [2.75, 3.05) is 26.2 Å². The van der Waals surface area contributed by atoms with Crippen molar-refractivity contribution in [1.29, 1.82) is 0 Å². The van der Waals surface area contributed by atoms with Gasteiger partial charge in [-0.25, -0.2) is 0 Å². The standard InChI is InChI=1S/C12H19N5O/c1-9(18)16-5-3-11-14-15-12(17(11)7-6-16)10-2-4-13-8-10/h10,13H,2-8H2,1H3/t10-/m1/s1. The zero-order valence-corrected chi connectivity index (χ0v) is 10.7. The fourth-order valence-corrected chi connectivity index (χ4v) is 2.84. The Balaban J connectivity index is 1.82. The van der Waals surface area contributed by atoms with Gasteiger partial charge in [0.1, 0.15) is 11.6 Å². The van der Waals surface area contributed by atoms with Crippen LogP contribution < -0.4 is 5.32 Å². The van der Waals surface area contributed by atoms with Crippen LogP contribution in [0.25, 0.3) is 0 Å². The van der Waals surface area contributed by atoms with Gasteiger partial charge >= 0.3 is 0 Å². The molecule has 1 amide bonds. The van der Waals surface area contributed by atoms with Crippen LogP contribution >= 0.6 is 0 Å². The van der Waals surface area contributed by atoms with Crippen LogP contribution in [0.3, 0.4) is 0 Å². The van der Waals surface area contributed by atoms with Crippen molar-refractivity contribution in [3.63, 3.8) is 0 Å². The molecule has 3 rings (SSSR count). The van der Waals surface area contributed by atoms with Crippen molar-refractivity contribution in [2.45, 2.75) is 32.2 Å². The van der Waals surface area contributed by atoms with E-state index in [0.29, 0.717) is 5.92 Å². The number of carbonyl (C=O) groups excluding carboxylic acids is 1. The Labute approximate surface area is 106 Å². The number of nitrogens with one attached hydrogen (secondary N) is 1. The molecule has 3 heterocycles. The number of amides is 1. The Kier molecular flexibility index (Phi) is 3.03. The molecule has 0 aromatic carbocycles. The largest absolute Gasteiger partial charge is 0.341 e. The van der Waals surface area contributed by atoms with Gasteiger partial charge in [-0.05, 0) is 13.0 Å². The molecule has 1 N–H and O–H groups in total. The molecule has 2 aliphatic heterocycles. The second kappa shape index (κ2) is 4.68. The molecule has 1 atom stereocenters. The van der Waals surface area contributed by atoms with Crippen molar-refractivity contribution in [1.82, 2.24) is 25.0 Å². The van der Waals surface area contributed by atoms with Gasteiger partial charge in [0.2, 0.25) is 5.91 Å². The highest BCUT2D eigenvalue weighted by molar-refractivity contribution is 5.73. The molecule has 0 aliphatic carbocycles. The number of fused-ring (bicyclic) bond motifs is 1. The monoisotopic (exact) mass is 249 g/mol. The van der Waals surface area contributed by atoms with E-state index in [1.54, 1.807) is 6.92 Å². The number of carbonyl (C=O) groups is 1. The normalized spacial score (nSPS) is 23.8. The third kappa shape index (κ3) is 2.01.